The van der Waals surface area contributed by atoms with Gasteiger partial charge in [0, 0.05) is 18.8 Å². The molecule has 1 aromatic carbocycles. The molecule has 92 valence electrons. The lowest BCUT2D eigenvalue weighted by atomic mass is 10.1. The summed E-state index contributed by atoms with van der Waals surface area (Å²) in [7, 11) is 1.75. The minimum absolute atomic E-state index is 0.210. The van der Waals surface area contributed by atoms with Crippen molar-refractivity contribution in [2.45, 2.75) is 0 Å². The summed E-state index contributed by atoms with van der Waals surface area (Å²) in [5.41, 5.74) is 0.966. The molecular formula is C14H13NO3. The Hall–Kier alpha value is -2.36. The van der Waals surface area contributed by atoms with E-state index >= 15 is 0 Å². The highest BCUT2D eigenvalue weighted by Crippen LogP contribution is 2.04. The number of aryl methyl sites for hydroxylation is 1. The number of carbonyl (C=O) groups is 2. The standard InChI is InChI=1S/C14H13NO3/c1-15-9-5-8-12(15)14(17)18-10-13(16)11-6-3-2-4-7-11/h2-9H,10H2,1H3. The van der Waals surface area contributed by atoms with Crippen LogP contribution in [-0.4, -0.2) is 22.9 Å². The van der Waals surface area contributed by atoms with Crippen molar-refractivity contribution < 1.29 is 14.3 Å². The molecule has 2 rings (SSSR count). The molecule has 0 aliphatic rings. The molecule has 0 unspecified atom stereocenters. The van der Waals surface area contributed by atoms with E-state index in [0.717, 1.165) is 0 Å². The monoisotopic (exact) mass is 243 g/mol. The molecule has 0 atom stereocenters. The summed E-state index contributed by atoms with van der Waals surface area (Å²) in [6.45, 7) is -0.242. The van der Waals surface area contributed by atoms with Gasteiger partial charge in [-0.15, -0.1) is 0 Å². The number of aromatic nitrogens is 1. The van der Waals surface area contributed by atoms with E-state index in [0.29, 0.717) is 11.3 Å². The zero-order valence-corrected chi connectivity index (χ0v) is 10.00. The summed E-state index contributed by atoms with van der Waals surface area (Å²) in [5.74, 6) is -0.704. The number of nitrogens with zero attached hydrogens (tertiary/aromatic N) is 1. The quantitative estimate of drug-likeness (QED) is 0.610. The van der Waals surface area contributed by atoms with Gasteiger partial charge in [0.05, 0.1) is 0 Å². The fourth-order valence-corrected chi connectivity index (χ4v) is 1.59. The predicted octanol–water partition coefficient (Wildman–Crippen LogP) is 2.06. The SMILES string of the molecule is Cn1cccc1C(=O)OCC(=O)c1ccccc1. The Bertz CT molecular complexity index is 557. The Morgan fingerprint density at radius 1 is 1.11 bits per heavy atom. The van der Waals surface area contributed by atoms with Crippen LogP contribution in [0.2, 0.25) is 0 Å². The largest absolute Gasteiger partial charge is 0.453 e. The first-order valence-electron chi connectivity index (χ1n) is 5.55. The van der Waals surface area contributed by atoms with Crippen LogP contribution >= 0.6 is 0 Å². The lowest BCUT2D eigenvalue weighted by Crippen LogP contribution is -2.16. The Morgan fingerprint density at radius 2 is 1.83 bits per heavy atom. The summed E-state index contributed by atoms with van der Waals surface area (Å²) in [4.78, 5) is 23.4. The van der Waals surface area contributed by atoms with Crippen LogP contribution in [0.15, 0.2) is 48.7 Å². The van der Waals surface area contributed by atoms with Gasteiger partial charge in [-0.2, -0.15) is 0 Å². The molecule has 0 radical (unpaired) electrons. The smallest absolute Gasteiger partial charge is 0.355 e. The molecular weight excluding hydrogens is 230 g/mol. The maximum atomic E-state index is 11.7. The molecule has 0 spiro atoms. The van der Waals surface area contributed by atoms with E-state index in [2.05, 4.69) is 0 Å². The van der Waals surface area contributed by atoms with E-state index in [1.54, 1.807) is 54.2 Å². The first-order valence-corrected chi connectivity index (χ1v) is 5.55. The van der Waals surface area contributed by atoms with E-state index in [4.69, 9.17) is 4.74 Å². The molecule has 0 saturated heterocycles. The zero-order chi connectivity index (χ0) is 13.0. The van der Waals surface area contributed by atoms with Crippen molar-refractivity contribution in [2.75, 3.05) is 6.61 Å². The van der Waals surface area contributed by atoms with Crippen LogP contribution in [0.3, 0.4) is 0 Å². The van der Waals surface area contributed by atoms with Gasteiger partial charge >= 0.3 is 5.97 Å². The van der Waals surface area contributed by atoms with Gasteiger partial charge in [0.15, 0.2) is 12.4 Å². The highest BCUT2D eigenvalue weighted by molar-refractivity contribution is 5.99. The lowest BCUT2D eigenvalue weighted by Gasteiger charge is -2.05. The molecule has 0 bridgehead atoms. The molecule has 18 heavy (non-hydrogen) atoms. The third-order valence-electron chi connectivity index (χ3n) is 2.58. The molecule has 4 nitrogen and oxygen atoms in total. The van der Waals surface area contributed by atoms with Crippen LogP contribution in [0.4, 0.5) is 0 Å². The lowest BCUT2D eigenvalue weighted by molar-refractivity contribution is 0.0465. The second-order valence-corrected chi connectivity index (χ2v) is 3.87. The molecule has 0 fully saturated rings. The molecule has 0 N–H and O–H groups in total. The van der Waals surface area contributed by atoms with Crippen molar-refractivity contribution in [3.63, 3.8) is 0 Å². The fraction of sp³-hybridized carbons (Fsp3) is 0.143. The van der Waals surface area contributed by atoms with E-state index in [-0.39, 0.29) is 12.4 Å². The van der Waals surface area contributed by atoms with Crippen molar-refractivity contribution in [2.24, 2.45) is 7.05 Å². The van der Waals surface area contributed by atoms with E-state index in [1.165, 1.54) is 0 Å². The van der Waals surface area contributed by atoms with Crippen LogP contribution in [-0.2, 0) is 11.8 Å². The summed E-state index contributed by atoms with van der Waals surface area (Å²) >= 11 is 0. The molecule has 1 heterocycles. The van der Waals surface area contributed by atoms with Crippen LogP contribution in [0.1, 0.15) is 20.8 Å². The van der Waals surface area contributed by atoms with Crippen LogP contribution in [0.25, 0.3) is 0 Å². The molecule has 4 heteroatoms. The summed E-state index contributed by atoms with van der Waals surface area (Å²) < 4.78 is 6.62. The number of ether oxygens (including phenoxy) is 1. The number of hydrogen-bond donors (Lipinski definition) is 0. The average Bonchev–Trinajstić information content (AvgIpc) is 2.83. The number of benzene rings is 1. The molecule has 0 aliphatic heterocycles. The Balaban J connectivity index is 1.95. The van der Waals surface area contributed by atoms with Gasteiger partial charge in [0.2, 0.25) is 0 Å². The topological polar surface area (TPSA) is 48.3 Å². The third kappa shape index (κ3) is 2.66. The predicted molar refractivity (Wildman–Crippen MR) is 66.5 cm³/mol. The minimum Gasteiger partial charge on any atom is -0.453 e. The average molecular weight is 243 g/mol. The highest BCUT2D eigenvalue weighted by atomic mass is 16.5. The number of ketones is 1. The van der Waals surface area contributed by atoms with Crippen molar-refractivity contribution >= 4 is 11.8 Å². The Labute approximate surface area is 105 Å². The molecule has 0 saturated carbocycles. The van der Waals surface area contributed by atoms with Gasteiger partial charge in [-0.1, -0.05) is 30.3 Å². The number of hydrogen-bond acceptors (Lipinski definition) is 3. The van der Waals surface area contributed by atoms with Crippen LogP contribution in [0, 0.1) is 0 Å². The highest BCUT2D eigenvalue weighted by Gasteiger charge is 2.13. The van der Waals surface area contributed by atoms with Gasteiger partial charge in [0.25, 0.3) is 0 Å². The molecule has 1 aromatic heterocycles. The Morgan fingerprint density at radius 3 is 2.44 bits per heavy atom. The number of carbonyl (C=O) groups excluding carboxylic acids is 2. The van der Waals surface area contributed by atoms with E-state index in [9.17, 15) is 9.59 Å². The van der Waals surface area contributed by atoms with Gasteiger partial charge in [0.1, 0.15) is 5.69 Å². The zero-order valence-electron chi connectivity index (χ0n) is 10.00. The molecule has 2 aromatic rings. The first-order chi connectivity index (χ1) is 8.68. The van der Waals surface area contributed by atoms with Crippen molar-refractivity contribution in [1.29, 1.82) is 0 Å². The number of rotatable bonds is 4. The van der Waals surface area contributed by atoms with Crippen molar-refractivity contribution in [1.82, 2.24) is 4.57 Å². The Kier molecular flexibility index (Phi) is 3.57. The molecule has 0 amide bonds. The third-order valence-corrected chi connectivity index (χ3v) is 2.58. The number of esters is 1. The fourth-order valence-electron chi connectivity index (χ4n) is 1.59. The van der Waals surface area contributed by atoms with Gasteiger partial charge in [-0.05, 0) is 12.1 Å². The van der Waals surface area contributed by atoms with Gasteiger partial charge in [-0.25, -0.2) is 4.79 Å². The normalized spacial score (nSPS) is 10.1. The minimum atomic E-state index is -0.494. The maximum Gasteiger partial charge on any atom is 0.355 e. The number of Topliss-reactive ketones (excluding diaryl/α,β-unsaturated/α-hetero) is 1. The summed E-state index contributed by atoms with van der Waals surface area (Å²) in [5, 5.41) is 0. The maximum absolute atomic E-state index is 11.7. The summed E-state index contributed by atoms with van der Waals surface area (Å²) in [6.07, 6.45) is 1.75. The second-order valence-electron chi connectivity index (χ2n) is 3.87. The van der Waals surface area contributed by atoms with E-state index < -0.39 is 5.97 Å². The first kappa shape index (κ1) is 12.1. The second kappa shape index (κ2) is 5.31. The van der Waals surface area contributed by atoms with Gasteiger partial charge in [-0.3, -0.25) is 4.79 Å². The molecule has 0 aliphatic carbocycles. The van der Waals surface area contributed by atoms with E-state index in [1.807, 2.05) is 6.07 Å². The van der Waals surface area contributed by atoms with Gasteiger partial charge < -0.3 is 9.30 Å². The van der Waals surface area contributed by atoms with Crippen molar-refractivity contribution in [3.8, 4) is 0 Å². The van der Waals surface area contributed by atoms with Crippen molar-refractivity contribution in [3.05, 3.63) is 59.9 Å². The summed E-state index contributed by atoms with van der Waals surface area (Å²) in [6, 6.07) is 12.1. The van der Waals surface area contributed by atoms with Crippen LogP contribution < -0.4 is 0 Å². The van der Waals surface area contributed by atoms with Crippen LogP contribution in [0.5, 0.6) is 0 Å².